The standard InChI is InChI=1S/C21H20N4O5/c1-2-28-19-13-22-21(30-19)20(27)25-23-12-15-8-10-17(11-9-15)29-14-18(26)24-16-6-4-3-5-7-16/h3-13H,2,14H2,1H3,(H,24,26)(H,25,27)/b23-12+. The maximum atomic E-state index is 11.9. The predicted octanol–water partition coefficient (Wildman–Crippen LogP) is 2.85. The summed E-state index contributed by atoms with van der Waals surface area (Å²) in [6, 6.07) is 16.0. The maximum absolute atomic E-state index is 11.9. The molecule has 9 heteroatoms. The number of hydrazone groups is 1. The van der Waals surface area contributed by atoms with Crippen molar-refractivity contribution in [3.63, 3.8) is 0 Å². The van der Waals surface area contributed by atoms with Crippen LogP contribution in [-0.2, 0) is 4.79 Å². The average Bonchev–Trinajstić information content (AvgIpc) is 3.23. The number of anilines is 1. The van der Waals surface area contributed by atoms with Crippen molar-refractivity contribution < 1.29 is 23.5 Å². The third kappa shape index (κ3) is 6.20. The van der Waals surface area contributed by atoms with Crippen LogP contribution in [0.25, 0.3) is 0 Å². The predicted molar refractivity (Wildman–Crippen MR) is 110 cm³/mol. The van der Waals surface area contributed by atoms with E-state index in [0.717, 1.165) is 5.56 Å². The number of aromatic nitrogens is 1. The summed E-state index contributed by atoms with van der Waals surface area (Å²) in [5.41, 5.74) is 3.74. The molecule has 154 valence electrons. The van der Waals surface area contributed by atoms with Crippen LogP contribution in [0.1, 0.15) is 23.2 Å². The van der Waals surface area contributed by atoms with Crippen molar-refractivity contribution in [1.82, 2.24) is 10.4 Å². The van der Waals surface area contributed by atoms with E-state index in [-0.39, 0.29) is 24.4 Å². The van der Waals surface area contributed by atoms with Crippen LogP contribution >= 0.6 is 0 Å². The van der Waals surface area contributed by atoms with E-state index in [9.17, 15) is 9.59 Å². The Kier molecular flexibility index (Phi) is 7.15. The largest absolute Gasteiger partial charge is 0.484 e. The van der Waals surface area contributed by atoms with Crippen molar-refractivity contribution in [1.29, 1.82) is 0 Å². The number of carbonyl (C=O) groups is 2. The van der Waals surface area contributed by atoms with Crippen molar-refractivity contribution >= 4 is 23.7 Å². The molecule has 0 radical (unpaired) electrons. The van der Waals surface area contributed by atoms with E-state index in [0.29, 0.717) is 18.0 Å². The van der Waals surface area contributed by atoms with Gasteiger partial charge in [0.05, 0.1) is 12.8 Å². The van der Waals surface area contributed by atoms with E-state index in [1.54, 1.807) is 43.3 Å². The molecule has 9 nitrogen and oxygen atoms in total. The molecule has 0 aliphatic carbocycles. The van der Waals surface area contributed by atoms with E-state index in [2.05, 4.69) is 20.8 Å². The second-order valence-corrected chi connectivity index (χ2v) is 5.89. The first-order valence-electron chi connectivity index (χ1n) is 9.14. The van der Waals surface area contributed by atoms with Crippen LogP contribution < -0.4 is 20.2 Å². The van der Waals surface area contributed by atoms with Gasteiger partial charge in [0.15, 0.2) is 6.61 Å². The van der Waals surface area contributed by atoms with Gasteiger partial charge >= 0.3 is 11.9 Å². The fourth-order valence-corrected chi connectivity index (χ4v) is 2.30. The molecule has 2 N–H and O–H groups in total. The molecule has 3 aromatic rings. The number of ether oxygens (including phenoxy) is 2. The Bertz CT molecular complexity index is 1000. The lowest BCUT2D eigenvalue weighted by Crippen LogP contribution is -2.20. The van der Waals surface area contributed by atoms with Crippen molar-refractivity contribution in [2.24, 2.45) is 5.10 Å². The number of amides is 2. The number of hydrogen-bond acceptors (Lipinski definition) is 7. The molecule has 1 aromatic heterocycles. The molecule has 0 spiro atoms. The zero-order valence-corrected chi connectivity index (χ0v) is 16.2. The van der Waals surface area contributed by atoms with Gasteiger partial charge < -0.3 is 19.2 Å². The van der Waals surface area contributed by atoms with Crippen LogP contribution in [0.2, 0.25) is 0 Å². The van der Waals surface area contributed by atoms with E-state index >= 15 is 0 Å². The highest BCUT2D eigenvalue weighted by molar-refractivity contribution is 5.92. The van der Waals surface area contributed by atoms with Gasteiger partial charge in [0.2, 0.25) is 0 Å². The van der Waals surface area contributed by atoms with E-state index in [1.807, 2.05) is 18.2 Å². The Morgan fingerprint density at radius 3 is 2.60 bits per heavy atom. The molecule has 2 amide bonds. The van der Waals surface area contributed by atoms with E-state index in [4.69, 9.17) is 13.9 Å². The lowest BCUT2D eigenvalue weighted by atomic mass is 10.2. The van der Waals surface area contributed by atoms with Crippen molar-refractivity contribution in [2.45, 2.75) is 6.92 Å². The SMILES string of the molecule is CCOc1cnc(C(=O)N/N=C/c2ccc(OCC(=O)Nc3ccccc3)cc2)o1. The Morgan fingerprint density at radius 1 is 1.10 bits per heavy atom. The Hall–Kier alpha value is -4.14. The number of benzene rings is 2. The molecule has 0 unspecified atom stereocenters. The maximum Gasteiger partial charge on any atom is 0.327 e. The highest BCUT2D eigenvalue weighted by Gasteiger charge is 2.12. The summed E-state index contributed by atoms with van der Waals surface area (Å²) in [7, 11) is 0. The zero-order chi connectivity index (χ0) is 21.2. The molecule has 0 atom stereocenters. The van der Waals surface area contributed by atoms with E-state index in [1.165, 1.54) is 12.4 Å². The monoisotopic (exact) mass is 408 g/mol. The number of carbonyl (C=O) groups excluding carboxylic acids is 2. The van der Waals surface area contributed by atoms with Gasteiger partial charge in [0.25, 0.3) is 11.8 Å². The minimum Gasteiger partial charge on any atom is -0.484 e. The van der Waals surface area contributed by atoms with Crippen molar-refractivity contribution in [2.75, 3.05) is 18.5 Å². The molecular weight excluding hydrogens is 388 g/mol. The first-order valence-corrected chi connectivity index (χ1v) is 9.14. The summed E-state index contributed by atoms with van der Waals surface area (Å²) < 4.78 is 15.7. The van der Waals surface area contributed by atoms with Gasteiger partial charge in [-0.3, -0.25) is 9.59 Å². The fraction of sp³-hybridized carbons (Fsp3) is 0.143. The molecule has 0 fully saturated rings. The van der Waals surface area contributed by atoms with Gasteiger partial charge in [0, 0.05) is 5.69 Å². The molecule has 0 saturated carbocycles. The van der Waals surface area contributed by atoms with Crippen LogP contribution in [0.3, 0.4) is 0 Å². The quantitative estimate of drug-likeness (QED) is 0.416. The van der Waals surface area contributed by atoms with Crippen LogP contribution in [0.5, 0.6) is 11.7 Å². The van der Waals surface area contributed by atoms with Crippen molar-refractivity contribution in [3.8, 4) is 11.7 Å². The third-order valence-corrected chi connectivity index (χ3v) is 3.65. The zero-order valence-electron chi connectivity index (χ0n) is 16.2. The lowest BCUT2D eigenvalue weighted by Gasteiger charge is -2.07. The van der Waals surface area contributed by atoms with Crippen LogP contribution in [0.15, 0.2) is 70.3 Å². The molecule has 30 heavy (non-hydrogen) atoms. The summed E-state index contributed by atoms with van der Waals surface area (Å²) in [4.78, 5) is 27.6. The minimum absolute atomic E-state index is 0.113. The summed E-state index contributed by atoms with van der Waals surface area (Å²) in [6.45, 7) is 2.09. The number of rotatable bonds is 9. The van der Waals surface area contributed by atoms with Gasteiger partial charge in [-0.25, -0.2) is 10.4 Å². The van der Waals surface area contributed by atoms with Gasteiger partial charge in [-0.15, -0.1) is 0 Å². The topological polar surface area (TPSA) is 115 Å². The van der Waals surface area contributed by atoms with Crippen molar-refractivity contribution in [3.05, 3.63) is 72.2 Å². The molecular formula is C21H20N4O5. The number of para-hydroxylation sites is 1. The Balaban J connectivity index is 1.44. The normalized spacial score (nSPS) is 10.6. The smallest absolute Gasteiger partial charge is 0.327 e. The molecule has 0 aliphatic heterocycles. The number of nitrogens with one attached hydrogen (secondary N) is 2. The molecule has 2 aromatic carbocycles. The van der Waals surface area contributed by atoms with Gasteiger partial charge in [-0.2, -0.15) is 5.10 Å². The number of hydrogen-bond donors (Lipinski definition) is 2. The number of nitrogens with zero attached hydrogens (tertiary/aromatic N) is 2. The molecule has 3 rings (SSSR count). The first kappa shape index (κ1) is 20.6. The van der Waals surface area contributed by atoms with Crippen LogP contribution in [-0.4, -0.2) is 36.2 Å². The average molecular weight is 408 g/mol. The number of oxazole rings is 1. The van der Waals surface area contributed by atoms with Gasteiger partial charge in [-0.1, -0.05) is 18.2 Å². The van der Waals surface area contributed by atoms with Crippen LogP contribution in [0, 0.1) is 0 Å². The summed E-state index contributed by atoms with van der Waals surface area (Å²) >= 11 is 0. The molecule has 1 heterocycles. The van der Waals surface area contributed by atoms with E-state index < -0.39 is 5.91 Å². The highest BCUT2D eigenvalue weighted by atomic mass is 16.6. The second-order valence-electron chi connectivity index (χ2n) is 5.89. The Morgan fingerprint density at radius 2 is 1.87 bits per heavy atom. The summed E-state index contributed by atoms with van der Waals surface area (Å²) in [5, 5.41) is 6.59. The first-order chi connectivity index (χ1) is 14.6. The summed E-state index contributed by atoms with van der Waals surface area (Å²) in [5.74, 6) is -0.300. The second kappa shape index (κ2) is 10.4. The molecule has 0 saturated heterocycles. The highest BCUT2D eigenvalue weighted by Crippen LogP contribution is 2.13. The molecule has 0 bridgehead atoms. The van der Waals surface area contributed by atoms with Gasteiger partial charge in [-0.05, 0) is 48.9 Å². The third-order valence-electron chi connectivity index (χ3n) is 3.65. The minimum atomic E-state index is -0.596. The van der Waals surface area contributed by atoms with Crippen LogP contribution in [0.4, 0.5) is 5.69 Å². The lowest BCUT2D eigenvalue weighted by molar-refractivity contribution is -0.118. The molecule has 0 aliphatic rings. The fourth-order valence-electron chi connectivity index (χ4n) is 2.30. The Labute approximate surface area is 172 Å². The summed E-state index contributed by atoms with van der Waals surface area (Å²) in [6.07, 6.45) is 2.77. The van der Waals surface area contributed by atoms with Gasteiger partial charge in [0.1, 0.15) is 11.9 Å².